The second-order valence-electron chi connectivity index (χ2n) is 3.38. The van der Waals surface area contributed by atoms with Crippen LogP contribution in [0.3, 0.4) is 0 Å². The number of hydrogen-bond acceptors (Lipinski definition) is 5. The summed E-state index contributed by atoms with van der Waals surface area (Å²) in [4.78, 5) is 22.9. The maximum Gasteiger partial charge on any atom is 0.342 e. The maximum absolute atomic E-state index is 11.5. The fraction of sp³-hybridized carbons (Fsp3) is 0.0909. The molecule has 3 heterocycles. The molecule has 0 saturated heterocycles. The van der Waals surface area contributed by atoms with Gasteiger partial charge in [0.15, 0.2) is 5.43 Å². The Morgan fingerprint density at radius 3 is 2.69 bits per heavy atom. The lowest BCUT2D eigenvalue weighted by molar-refractivity contribution is 0.314. The minimum Gasteiger partial charge on any atom is -0.433 e. The number of ether oxygens (including phenoxy) is 1. The van der Waals surface area contributed by atoms with Gasteiger partial charge in [0.1, 0.15) is 5.75 Å². The van der Waals surface area contributed by atoms with Crippen molar-refractivity contribution < 1.29 is 13.6 Å². The summed E-state index contributed by atoms with van der Waals surface area (Å²) in [5.74, 6) is 0.517. The van der Waals surface area contributed by atoms with Gasteiger partial charge in [-0.25, -0.2) is 4.79 Å². The molecule has 0 aliphatic carbocycles. The van der Waals surface area contributed by atoms with Crippen LogP contribution in [0, 0.1) is 0 Å². The van der Waals surface area contributed by atoms with E-state index in [1.165, 1.54) is 24.7 Å². The zero-order valence-electron chi connectivity index (χ0n) is 8.06. The molecular formula is C11H6O5. The van der Waals surface area contributed by atoms with Crippen LogP contribution in [0.5, 0.6) is 11.7 Å². The summed E-state index contributed by atoms with van der Waals surface area (Å²) in [5.41, 5.74) is -0.0245. The predicted octanol–water partition coefficient (Wildman–Crippen LogP) is 1.29. The zero-order chi connectivity index (χ0) is 11.1. The Labute approximate surface area is 88.9 Å². The summed E-state index contributed by atoms with van der Waals surface area (Å²) in [7, 11) is 0. The Kier molecular flexibility index (Phi) is 1.73. The van der Waals surface area contributed by atoms with Gasteiger partial charge in [0.05, 0.1) is 23.7 Å². The molecule has 0 spiro atoms. The van der Waals surface area contributed by atoms with Crippen molar-refractivity contribution in [2.24, 2.45) is 0 Å². The molecule has 0 N–H and O–H groups in total. The van der Waals surface area contributed by atoms with Gasteiger partial charge in [-0.05, 0) is 0 Å². The minimum atomic E-state index is -0.494. The lowest BCUT2D eigenvalue weighted by Gasteiger charge is -2.15. The predicted molar refractivity (Wildman–Crippen MR) is 52.8 cm³/mol. The minimum absolute atomic E-state index is 0.144. The van der Waals surface area contributed by atoms with Gasteiger partial charge in [0.25, 0.3) is 5.95 Å². The van der Waals surface area contributed by atoms with Crippen LogP contribution in [0.25, 0.3) is 0 Å². The number of hydrogen-bond donors (Lipinski definition) is 0. The van der Waals surface area contributed by atoms with Crippen molar-refractivity contribution in [2.75, 3.05) is 0 Å². The Morgan fingerprint density at radius 2 is 1.81 bits per heavy atom. The van der Waals surface area contributed by atoms with Crippen LogP contribution >= 0.6 is 0 Å². The monoisotopic (exact) mass is 218 g/mol. The Hall–Kier alpha value is -2.30. The van der Waals surface area contributed by atoms with E-state index in [0.717, 1.165) is 0 Å². The van der Waals surface area contributed by atoms with Crippen LogP contribution in [-0.2, 0) is 6.42 Å². The van der Waals surface area contributed by atoms with Crippen LogP contribution in [0.1, 0.15) is 11.1 Å². The molecule has 0 fully saturated rings. The van der Waals surface area contributed by atoms with E-state index in [1.807, 2.05) is 0 Å². The third kappa shape index (κ3) is 1.18. The van der Waals surface area contributed by atoms with E-state index in [-0.39, 0.29) is 17.8 Å². The summed E-state index contributed by atoms with van der Waals surface area (Å²) in [6.45, 7) is 0. The van der Waals surface area contributed by atoms with Crippen LogP contribution < -0.4 is 15.8 Å². The fourth-order valence-electron chi connectivity index (χ4n) is 1.64. The molecule has 0 unspecified atom stereocenters. The summed E-state index contributed by atoms with van der Waals surface area (Å²) in [5, 5.41) is 0. The topological polar surface area (TPSA) is 69.7 Å². The van der Waals surface area contributed by atoms with E-state index in [4.69, 9.17) is 13.6 Å². The summed E-state index contributed by atoms with van der Waals surface area (Å²) < 4.78 is 15.1. The molecule has 0 amide bonds. The molecule has 0 atom stereocenters. The van der Waals surface area contributed by atoms with Gasteiger partial charge in [-0.3, -0.25) is 4.79 Å². The highest BCUT2D eigenvalue weighted by Gasteiger charge is 2.24. The molecule has 0 radical (unpaired) electrons. The fourth-order valence-corrected chi connectivity index (χ4v) is 1.64. The normalized spacial score (nSPS) is 12.5. The van der Waals surface area contributed by atoms with E-state index >= 15 is 0 Å². The largest absolute Gasteiger partial charge is 0.433 e. The smallest absolute Gasteiger partial charge is 0.342 e. The van der Waals surface area contributed by atoms with Gasteiger partial charge < -0.3 is 13.6 Å². The standard InChI is InChI=1S/C11H6O5/c12-8-1-3-15-11-6(8)5-7-9(16-11)2-4-14-10(7)13/h1-4H,5H2. The van der Waals surface area contributed by atoms with Crippen LogP contribution in [0.2, 0.25) is 0 Å². The van der Waals surface area contributed by atoms with Crippen molar-refractivity contribution in [1.82, 2.24) is 0 Å². The highest BCUT2D eigenvalue weighted by atomic mass is 16.6. The van der Waals surface area contributed by atoms with Crippen LogP contribution in [0.15, 0.2) is 43.1 Å². The molecule has 16 heavy (non-hydrogen) atoms. The molecule has 5 heteroatoms. The molecule has 0 aromatic carbocycles. The highest BCUT2D eigenvalue weighted by molar-refractivity contribution is 5.43. The summed E-state index contributed by atoms with van der Waals surface area (Å²) in [6, 6.07) is 2.81. The second-order valence-corrected chi connectivity index (χ2v) is 3.38. The lowest BCUT2D eigenvalue weighted by Crippen LogP contribution is -2.19. The number of fused-ring (bicyclic) bond motifs is 2. The first-order valence-corrected chi connectivity index (χ1v) is 4.65. The van der Waals surface area contributed by atoms with Crippen molar-refractivity contribution >= 4 is 0 Å². The van der Waals surface area contributed by atoms with Gasteiger partial charge in [-0.2, -0.15) is 0 Å². The first-order chi connectivity index (χ1) is 7.75. The van der Waals surface area contributed by atoms with E-state index in [2.05, 4.69) is 0 Å². The van der Waals surface area contributed by atoms with E-state index < -0.39 is 5.63 Å². The quantitative estimate of drug-likeness (QED) is 0.568. The van der Waals surface area contributed by atoms with Gasteiger partial charge in [0.2, 0.25) is 0 Å². The molecule has 80 valence electrons. The van der Waals surface area contributed by atoms with Crippen molar-refractivity contribution in [3.63, 3.8) is 0 Å². The van der Waals surface area contributed by atoms with Crippen molar-refractivity contribution in [3.05, 3.63) is 56.4 Å². The Balaban J connectivity index is 2.25. The Bertz CT molecular complexity index is 607. The molecule has 2 aromatic heterocycles. The first-order valence-electron chi connectivity index (χ1n) is 4.65. The molecule has 0 bridgehead atoms. The molecule has 5 nitrogen and oxygen atoms in total. The van der Waals surface area contributed by atoms with Crippen molar-refractivity contribution in [2.45, 2.75) is 6.42 Å². The summed E-state index contributed by atoms with van der Waals surface area (Å²) in [6.07, 6.45) is 2.68. The van der Waals surface area contributed by atoms with E-state index in [1.54, 1.807) is 0 Å². The van der Waals surface area contributed by atoms with Crippen LogP contribution in [-0.4, -0.2) is 0 Å². The van der Waals surface area contributed by atoms with E-state index in [9.17, 15) is 9.59 Å². The molecule has 0 saturated carbocycles. The third-order valence-corrected chi connectivity index (χ3v) is 2.43. The molecule has 1 aliphatic rings. The van der Waals surface area contributed by atoms with Gasteiger partial charge in [0, 0.05) is 18.6 Å². The average Bonchev–Trinajstić information content (AvgIpc) is 2.28. The molecule has 2 aromatic rings. The third-order valence-electron chi connectivity index (χ3n) is 2.43. The lowest BCUT2D eigenvalue weighted by atomic mass is 10.1. The van der Waals surface area contributed by atoms with Gasteiger partial charge >= 0.3 is 5.63 Å². The van der Waals surface area contributed by atoms with Crippen molar-refractivity contribution in [3.8, 4) is 11.7 Å². The Morgan fingerprint density at radius 1 is 1.00 bits per heavy atom. The summed E-state index contributed by atoms with van der Waals surface area (Å²) >= 11 is 0. The molecule has 1 aliphatic heterocycles. The molecule has 3 rings (SSSR count). The average molecular weight is 218 g/mol. The highest BCUT2D eigenvalue weighted by Crippen LogP contribution is 2.32. The zero-order valence-corrected chi connectivity index (χ0v) is 8.06. The van der Waals surface area contributed by atoms with Crippen molar-refractivity contribution in [1.29, 1.82) is 0 Å². The van der Waals surface area contributed by atoms with Gasteiger partial charge in [-0.15, -0.1) is 0 Å². The first kappa shape index (κ1) is 8.96. The SMILES string of the molecule is O=c1ccoc2c1Cc1c(ccoc1=O)O2. The molecular weight excluding hydrogens is 212 g/mol. The maximum atomic E-state index is 11.5. The van der Waals surface area contributed by atoms with Gasteiger partial charge in [-0.1, -0.05) is 0 Å². The van der Waals surface area contributed by atoms with E-state index in [0.29, 0.717) is 16.9 Å². The van der Waals surface area contributed by atoms with Crippen LogP contribution in [0.4, 0.5) is 0 Å². The number of rotatable bonds is 0. The second kappa shape index (κ2) is 3.10.